The molecule has 15 heavy (non-hydrogen) atoms. The van der Waals surface area contributed by atoms with Crippen LogP contribution in [0.1, 0.15) is 20.8 Å². The highest BCUT2D eigenvalue weighted by molar-refractivity contribution is 5.86. The molecule has 0 aromatic rings. The van der Waals surface area contributed by atoms with Gasteiger partial charge < -0.3 is 20.6 Å². The molecular formula is C9H17NO5. The zero-order valence-corrected chi connectivity index (χ0v) is 9.02. The number of nitrogens with one attached hydrogen (secondary N) is 1. The van der Waals surface area contributed by atoms with E-state index in [0.29, 0.717) is 0 Å². The summed E-state index contributed by atoms with van der Waals surface area (Å²) in [5, 5.41) is 29.1. The summed E-state index contributed by atoms with van der Waals surface area (Å²) >= 11 is 0. The van der Waals surface area contributed by atoms with Gasteiger partial charge in [0.1, 0.15) is 12.1 Å². The minimum Gasteiger partial charge on any atom is -0.480 e. The quantitative estimate of drug-likeness (QED) is 0.472. The van der Waals surface area contributed by atoms with Gasteiger partial charge in [0.15, 0.2) is 0 Å². The normalized spacial score (nSPS) is 15.5. The number of carboxylic acids is 1. The number of carbonyl (C=O) groups is 2. The predicted molar refractivity (Wildman–Crippen MR) is 52.1 cm³/mol. The Morgan fingerprint density at radius 1 is 1.40 bits per heavy atom. The van der Waals surface area contributed by atoms with E-state index in [9.17, 15) is 14.7 Å². The molecule has 88 valence electrons. The highest BCUT2D eigenvalue weighted by atomic mass is 16.4. The maximum atomic E-state index is 11.3. The van der Waals surface area contributed by atoms with Crippen LogP contribution in [-0.4, -0.2) is 45.9 Å². The molecule has 0 aliphatic carbocycles. The molecule has 0 aliphatic heterocycles. The van der Waals surface area contributed by atoms with Crippen molar-refractivity contribution in [1.82, 2.24) is 5.32 Å². The summed E-state index contributed by atoms with van der Waals surface area (Å²) in [6.45, 7) is 3.92. The molecule has 6 heteroatoms. The van der Waals surface area contributed by atoms with Crippen molar-refractivity contribution in [1.29, 1.82) is 0 Å². The third-order valence-electron chi connectivity index (χ3n) is 2.13. The van der Waals surface area contributed by atoms with E-state index in [0.717, 1.165) is 0 Å². The van der Waals surface area contributed by atoms with E-state index in [-0.39, 0.29) is 6.61 Å². The number of hydrogen-bond donors (Lipinski definition) is 4. The highest BCUT2D eigenvalue weighted by Gasteiger charge is 2.34. The number of hydrogen-bond acceptors (Lipinski definition) is 4. The van der Waals surface area contributed by atoms with Crippen molar-refractivity contribution in [2.75, 3.05) is 6.61 Å². The largest absolute Gasteiger partial charge is 0.480 e. The van der Waals surface area contributed by atoms with Crippen molar-refractivity contribution in [3.05, 3.63) is 0 Å². The lowest BCUT2D eigenvalue weighted by atomic mass is 9.87. The Labute approximate surface area is 87.9 Å². The van der Waals surface area contributed by atoms with Crippen LogP contribution in [0.5, 0.6) is 0 Å². The number of aliphatic hydroxyl groups is 2. The number of aliphatic hydroxyl groups excluding tert-OH is 2. The smallest absolute Gasteiger partial charge is 0.325 e. The van der Waals surface area contributed by atoms with Crippen molar-refractivity contribution in [2.45, 2.75) is 32.9 Å². The van der Waals surface area contributed by atoms with Gasteiger partial charge >= 0.3 is 5.97 Å². The second-order valence-electron chi connectivity index (χ2n) is 4.12. The van der Waals surface area contributed by atoms with Crippen LogP contribution in [0.15, 0.2) is 0 Å². The maximum Gasteiger partial charge on any atom is 0.325 e. The van der Waals surface area contributed by atoms with Gasteiger partial charge in [-0.15, -0.1) is 0 Å². The Hall–Kier alpha value is -1.14. The molecule has 0 aliphatic rings. The van der Waals surface area contributed by atoms with Crippen LogP contribution in [0, 0.1) is 5.41 Å². The SMILES string of the molecule is C[C@H](NC(=O)[C@H](O)C(C)(C)CO)C(=O)O. The molecule has 4 N–H and O–H groups in total. The van der Waals surface area contributed by atoms with Gasteiger partial charge in [0.2, 0.25) is 5.91 Å². The molecule has 0 spiro atoms. The lowest BCUT2D eigenvalue weighted by Gasteiger charge is -2.27. The first kappa shape index (κ1) is 13.9. The first-order valence-electron chi connectivity index (χ1n) is 4.54. The topological polar surface area (TPSA) is 107 Å². The Bertz CT molecular complexity index is 251. The van der Waals surface area contributed by atoms with E-state index in [4.69, 9.17) is 10.2 Å². The Morgan fingerprint density at radius 2 is 1.87 bits per heavy atom. The van der Waals surface area contributed by atoms with Crippen molar-refractivity contribution in [3.8, 4) is 0 Å². The summed E-state index contributed by atoms with van der Waals surface area (Å²) in [5.41, 5.74) is -0.998. The summed E-state index contributed by atoms with van der Waals surface area (Å²) in [6, 6.07) is -1.07. The Kier molecular flexibility index (Phi) is 4.70. The standard InChI is InChI=1S/C9H17NO5/c1-5(8(14)15)10-7(13)6(12)9(2,3)4-11/h5-6,11-12H,4H2,1-3H3,(H,10,13)(H,14,15)/t5-,6-/m0/s1. The maximum absolute atomic E-state index is 11.3. The summed E-state index contributed by atoms with van der Waals surface area (Å²) in [5.74, 6) is -1.98. The van der Waals surface area contributed by atoms with Gasteiger partial charge in [-0.1, -0.05) is 13.8 Å². The van der Waals surface area contributed by atoms with Gasteiger partial charge in [-0.2, -0.15) is 0 Å². The first-order valence-corrected chi connectivity index (χ1v) is 4.54. The molecule has 0 aromatic carbocycles. The Balaban J connectivity index is 4.40. The minimum absolute atomic E-state index is 0.372. The van der Waals surface area contributed by atoms with E-state index in [1.165, 1.54) is 20.8 Å². The molecule has 0 radical (unpaired) electrons. The zero-order valence-electron chi connectivity index (χ0n) is 9.02. The summed E-state index contributed by atoms with van der Waals surface area (Å²) < 4.78 is 0. The van der Waals surface area contributed by atoms with Crippen LogP contribution in [0.3, 0.4) is 0 Å². The molecule has 6 nitrogen and oxygen atoms in total. The zero-order chi connectivity index (χ0) is 12.2. The lowest BCUT2D eigenvalue weighted by molar-refractivity contribution is -0.145. The average molecular weight is 219 g/mol. The van der Waals surface area contributed by atoms with Crippen molar-refractivity contribution in [2.24, 2.45) is 5.41 Å². The average Bonchev–Trinajstić information content (AvgIpc) is 2.16. The van der Waals surface area contributed by atoms with Gasteiger partial charge in [0, 0.05) is 5.41 Å². The predicted octanol–water partition coefficient (Wildman–Crippen LogP) is -1.04. The van der Waals surface area contributed by atoms with Crippen molar-refractivity contribution in [3.63, 3.8) is 0 Å². The fourth-order valence-electron chi connectivity index (χ4n) is 0.795. The van der Waals surface area contributed by atoms with Crippen LogP contribution in [0.2, 0.25) is 0 Å². The molecule has 2 atom stereocenters. The van der Waals surface area contributed by atoms with E-state index in [1.54, 1.807) is 0 Å². The number of amides is 1. The molecule has 0 saturated heterocycles. The molecule has 0 rings (SSSR count). The van der Waals surface area contributed by atoms with Crippen LogP contribution in [0.4, 0.5) is 0 Å². The number of rotatable bonds is 5. The van der Waals surface area contributed by atoms with Crippen molar-refractivity contribution < 1.29 is 24.9 Å². The molecule has 0 fully saturated rings. The first-order chi connectivity index (χ1) is 6.72. The third-order valence-corrected chi connectivity index (χ3v) is 2.13. The van der Waals surface area contributed by atoms with Crippen LogP contribution in [-0.2, 0) is 9.59 Å². The highest BCUT2D eigenvalue weighted by Crippen LogP contribution is 2.19. The van der Waals surface area contributed by atoms with E-state index >= 15 is 0 Å². The van der Waals surface area contributed by atoms with E-state index in [2.05, 4.69) is 5.32 Å². The third kappa shape index (κ3) is 3.85. The fraction of sp³-hybridized carbons (Fsp3) is 0.778. The van der Waals surface area contributed by atoms with E-state index < -0.39 is 29.4 Å². The van der Waals surface area contributed by atoms with Gasteiger partial charge in [-0.3, -0.25) is 9.59 Å². The molecule has 0 bridgehead atoms. The van der Waals surface area contributed by atoms with Gasteiger partial charge in [-0.25, -0.2) is 0 Å². The van der Waals surface area contributed by atoms with E-state index in [1.807, 2.05) is 0 Å². The molecule has 0 unspecified atom stereocenters. The van der Waals surface area contributed by atoms with Crippen LogP contribution in [0.25, 0.3) is 0 Å². The molecule has 0 saturated carbocycles. The minimum atomic E-state index is -1.44. The fourth-order valence-corrected chi connectivity index (χ4v) is 0.795. The van der Waals surface area contributed by atoms with Crippen LogP contribution >= 0.6 is 0 Å². The van der Waals surface area contributed by atoms with Gasteiger partial charge in [0.05, 0.1) is 6.61 Å². The molecule has 1 amide bonds. The summed E-state index contributed by atoms with van der Waals surface area (Å²) in [4.78, 5) is 21.8. The monoisotopic (exact) mass is 219 g/mol. The van der Waals surface area contributed by atoms with Gasteiger partial charge in [-0.05, 0) is 6.92 Å². The number of carbonyl (C=O) groups excluding carboxylic acids is 1. The lowest BCUT2D eigenvalue weighted by Crippen LogP contribution is -2.49. The molecule has 0 heterocycles. The second kappa shape index (κ2) is 5.09. The van der Waals surface area contributed by atoms with Crippen molar-refractivity contribution >= 4 is 11.9 Å². The molecular weight excluding hydrogens is 202 g/mol. The number of carboxylic acid groups (broad SMARTS) is 1. The number of aliphatic carboxylic acids is 1. The second-order valence-corrected chi connectivity index (χ2v) is 4.12. The van der Waals surface area contributed by atoms with Gasteiger partial charge in [0.25, 0.3) is 0 Å². The Morgan fingerprint density at radius 3 is 2.20 bits per heavy atom. The summed E-state index contributed by atoms with van der Waals surface area (Å²) in [7, 11) is 0. The van der Waals surface area contributed by atoms with Crippen LogP contribution < -0.4 is 5.32 Å². The molecule has 0 aromatic heterocycles. The summed E-state index contributed by atoms with van der Waals surface area (Å²) in [6.07, 6.45) is -1.44.